The molecule has 2 fully saturated rings. The number of ether oxygens (including phenoxy) is 1. The summed E-state index contributed by atoms with van der Waals surface area (Å²) in [7, 11) is 0. The van der Waals surface area contributed by atoms with E-state index < -0.39 is 28.2 Å². The summed E-state index contributed by atoms with van der Waals surface area (Å²) in [6, 6.07) is 4.39. The predicted molar refractivity (Wildman–Crippen MR) is 82.7 cm³/mol. The molecule has 4 nitrogen and oxygen atoms in total. The SMILES string of the molecule is CC12CCC(C(=O)Nc3ccc(Br)cc3F)(OC1=O)C2(C)C. The second kappa shape index (κ2) is 4.54. The van der Waals surface area contributed by atoms with Gasteiger partial charge in [-0.3, -0.25) is 9.59 Å². The largest absolute Gasteiger partial charge is 0.448 e. The Morgan fingerprint density at radius 3 is 2.50 bits per heavy atom. The van der Waals surface area contributed by atoms with E-state index in [1.165, 1.54) is 12.1 Å². The molecule has 3 rings (SSSR count). The molecule has 22 heavy (non-hydrogen) atoms. The summed E-state index contributed by atoms with van der Waals surface area (Å²) in [5, 5.41) is 2.58. The molecule has 1 saturated heterocycles. The molecule has 1 amide bonds. The van der Waals surface area contributed by atoms with Gasteiger partial charge in [-0.25, -0.2) is 4.39 Å². The number of anilines is 1. The molecule has 0 spiro atoms. The molecule has 2 bridgehead atoms. The normalized spacial score (nSPS) is 32.0. The van der Waals surface area contributed by atoms with Crippen LogP contribution in [0.4, 0.5) is 10.1 Å². The van der Waals surface area contributed by atoms with Gasteiger partial charge in [-0.1, -0.05) is 29.8 Å². The lowest BCUT2D eigenvalue weighted by molar-refractivity contribution is -0.165. The highest BCUT2D eigenvalue weighted by atomic mass is 79.9. The average Bonchev–Trinajstić information content (AvgIpc) is 2.72. The van der Waals surface area contributed by atoms with Gasteiger partial charge in [-0.05, 0) is 38.0 Å². The summed E-state index contributed by atoms with van der Waals surface area (Å²) < 4.78 is 20.0. The zero-order valence-corrected chi connectivity index (χ0v) is 14.2. The Bertz CT molecular complexity index is 690. The van der Waals surface area contributed by atoms with E-state index >= 15 is 0 Å². The molecule has 118 valence electrons. The van der Waals surface area contributed by atoms with Crippen LogP contribution in [-0.2, 0) is 14.3 Å². The van der Waals surface area contributed by atoms with Crippen molar-refractivity contribution in [3.05, 3.63) is 28.5 Å². The Morgan fingerprint density at radius 2 is 2.00 bits per heavy atom. The van der Waals surface area contributed by atoms with Gasteiger partial charge in [-0.2, -0.15) is 0 Å². The first-order chi connectivity index (χ1) is 10.1. The van der Waals surface area contributed by atoms with Crippen molar-refractivity contribution in [1.29, 1.82) is 0 Å². The number of benzene rings is 1. The van der Waals surface area contributed by atoms with Crippen LogP contribution in [-0.4, -0.2) is 17.5 Å². The number of amides is 1. The lowest BCUT2D eigenvalue weighted by Crippen LogP contribution is -2.50. The van der Waals surface area contributed by atoms with Gasteiger partial charge >= 0.3 is 5.97 Å². The third-order valence-corrected chi connectivity index (χ3v) is 6.12. The highest BCUT2D eigenvalue weighted by Crippen LogP contribution is 2.65. The van der Waals surface area contributed by atoms with Crippen LogP contribution in [0.15, 0.2) is 22.7 Å². The Labute approximate surface area is 136 Å². The van der Waals surface area contributed by atoms with Crippen molar-refractivity contribution in [2.75, 3.05) is 5.32 Å². The van der Waals surface area contributed by atoms with Crippen LogP contribution < -0.4 is 5.32 Å². The van der Waals surface area contributed by atoms with Crippen LogP contribution in [0.1, 0.15) is 33.6 Å². The number of hydrogen-bond donors (Lipinski definition) is 1. The van der Waals surface area contributed by atoms with Crippen LogP contribution in [0, 0.1) is 16.6 Å². The van der Waals surface area contributed by atoms with E-state index in [9.17, 15) is 14.0 Å². The Kier molecular flexibility index (Phi) is 3.19. The zero-order chi connectivity index (χ0) is 16.3. The van der Waals surface area contributed by atoms with Gasteiger partial charge in [0.25, 0.3) is 5.91 Å². The van der Waals surface area contributed by atoms with Gasteiger partial charge in [0, 0.05) is 9.89 Å². The molecule has 1 saturated carbocycles. The third-order valence-electron chi connectivity index (χ3n) is 5.63. The van der Waals surface area contributed by atoms with Gasteiger partial charge in [-0.15, -0.1) is 0 Å². The molecule has 1 aliphatic heterocycles. The Morgan fingerprint density at radius 1 is 1.32 bits per heavy atom. The van der Waals surface area contributed by atoms with E-state index in [4.69, 9.17) is 4.74 Å². The fourth-order valence-electron chi connectivity index (χ4n) is 3.56. The van der Waals surface area contributed by atoms with Crippen molar-refractivity contribution < 1.29 is 18.7 Å². The predicted octanol–water partition coefficient (Wildman–Crippen LogP) is 3.65. The van der Waals surface area contributed by atoms with Crippen LogP contribution in [0.5, 0.6) is 0 Å². The Hall–Kier alpha value is -1.43. The number of fused-ring (bicyclic) bond motifs is 2. The fraction of sp³-hybridized carbons (Fsp3) is 0.500. The fourth-order valence-corrected chi connectivity index (χ4v) is 3.89. The van der Waals surface area contributed by atoms with E-state index in [1.807, 2.05) is 20.8 Å². The summed E-state index contributed by atoms with van der Waals surface area (Å²) >= 11 is 3.17. The van der Waals surface area contributed by atoms with Crippen molar-refractivity contribution in [2.45, 2.75) is 39.2 Å². The molecule has 1 N–H and O–H groups in total. The molecule has 2 atom stereocenters. The average molecular weight is 370 g/mol. The maximum atomic E-state index is 13.9. The lowest BCUT2D eigenvalue weighted by atomic mass is 9.66. The summed E-state index contributed by atoms with van der Waals surface area (Å²) in [6.45, 7) is 5.56. The highest BCUT2D eigenvalue weighted by molar-refractivity contribution is 9.10. The minimum Gasteiger partial charge on any atom is -0.448 e. The molecular formula is C16H17BrFNO3. The zero-order valence-electron chi connectivity index (χ0n) is 12.6. The van der Waals surface area contributed by atoms with E-state index in [0.29, 0.717) is 17.3 Å². The summed E-state index contributed by atoms with van der Waals surface area (Å²) in [4.78, 5) is 24.9. The van der Waals surface area contributed by atoms with Gasteiger partial charge in [0.2, 0.25) is 0 Å². The molecule has 1 aliphatic carbocycles. The van der Waals surface area contributed by atoms with Gasteiger partial charge in [0.05, 0.1) is 11.1 Å². The number of carbonyl (C=O) groups excluding carboxylic acids is 2. The standard InChI is InChI=1S/C16H17BrFNO3/c1-14(2)15(3)6-7-16(14,22-13(15)21)12(20)19-11-5-4-9(17)8-10(11)18/h4-5,8H,6-7H2,1-3H3,(H,19,20). The Balaban J connectivity index is 1.94. The number of nitrogens with one attached hydrogen (secondary N) is 1. The molecule has 6 heteroatoms. The quantitative estimate of drug-likeness (QED) is 0.809. The summed E-state index contributed by atoms with van der Waals surface area (Å²) in [6.07, 6.45) is 1.04. The van der Waals surface area contributed by atoms with Crippen molar-refractivity contribution in [3.8, 4) is 0 Å². The monoisotopic (exact) mass is 369 g/mol. The minimum atomic E-state index is -1.24. The number of carbonyl (C=O) groups is 2. The smallest absolute Gasteiger partial charge is 0.313 e. The van der Waals surface area contributed by atoms with Crippen molar-refractivity contribution in [3.63, 3.8) is 0 Å². The molecule has 1 heterocycles. The first-order valence-corrected chi connectivity index (χ1v) is 7.93. The van der Waals surface area contributed by atoms with Crippen LogP contribution in [0.25, 0.3) is 0 Å². The second-order valence-corrected chi connectivity index (χ2v) is 7.67. The molecule has 1 aromatic rings. The third kappa shape index (κ3) is 1.73. The number of esters is 1. The van der Waals surface area contributed by atoms with Crippen molar-refractivity contribution >= 4 is 33.5 Å². The molecule has 1 aromatic carbocycles. The second-order valence-electron chi connectivity index (χ2n) is 6.75. The number of hydrogen-bond acceptors (Lipinski definition) is 3. The minimum absolute atomic E-state index is 0.0786. The summed E-state index contributed by atoms with van der Waals surface area (Å²) in [5.74, 6) is -1.36. The molecule has 0 radical (unpaired) electrons. The van der Waals surface area contributed by atoms with Gasteiger partial charge in [0.15, 0.2) is 5.60 Å². The highest BCUT2D eigenvalue weighted by Gasteiger charge is 2.75. The molecular weight excluding hydrogens is 353 g/mol. The lowest BCUT2D eigenvalue weighted by Gasteiger charge is -2.35. The van der Waals surface area contributed by atoms with Crippen LogP contribution >= 0.6 is 15.9 Å². The van der Waals surface area contributed by atoms with E-state index in [0.717, 1.165) is 0 Å². The van der Waals surface area contributed by atoms with Gasteiger partial charge in [0.1, 0.15) is 5.82 Å². The topological polar surface area (TPSA) is 55.4 Å². The molecule has 0 aromatic heterocycles. The van der Waals surface area contributed by atoms with E-state index in [2.05, 4.69) is 21.2 Å². The number of rotatable bonds is 2. The van der Waals surface area contributed by atoms with Crippen molar-refractivity contribution in [2.24, 2.45) is 10.8 Å². The maximum absolute atomic E-state index is 13.9. The summed E-state index contributed by atoms with van der Waals surface area (Å²) in [5.41, 5.74) is -2.48. The first kappa shape index (κ1) is 15.5. The number of halogens is 2. The van der Waals surface area contributed by atoms with Crippen molar-refractivity contribution in [1.82, 2.24) is 0 Å². The molecule has 2 aliphatic rings. The van der Waals surface area contributed by atoms with E-state index in [-0.39, 0.29) is 11.7 Å². The maximum Gasteiger partial charge on any atom is 0.313 e. The first-order valence-electron chi connectivity index (χ1n) is 7.14. The van der Waals surface area contributed by atoms with Crippen LogP contribution in [0.3, 0.4) is 0 Å². The van der Waals surface area contributed by atoms with Gasteiger partial charge < -0.3 is 10.1 Å². The van der Waals surface area contributed by atoms with E-state index in [1.54, 1.807) is 6.07 Å². The van der Waals surface area contributed by atoms with Crippen LogP contribution in [0.2, 0.25) is 0 Å². The molecule has 2 unspecified atom stereocenters.